The number of pyridine rings is 1. The van der Waals surface area contributed by atoms with E-state index in [1.165, 1.54) is 0 Å². The average Bonchev–Trinajstić information content (AvgIpc) is 2.31. The molecule has 92 valence electrons. The first-order chi connectivity index (χ1) is 8.08. The molecule has 5 heteroatoms. The molecule has 1 aliphatic heterocycles. The molecular weight excluding hydrogens is 218 g/mol. The number of Topliss-reactive ketones (excluding diaryl/α,β-unsaturated/α-hetero) is 1. The number of nitrogen functional groups attached to an aromatic ring is 1. The topological polar surface area (TPSA) is 68.5 Å². The summed E-state index contributed by atoms with van der Waals surface area (Å²) < 4.78 is 5.48. The van der Waals surface area contributed by atoms with Gasteiger partial charge in [-0.15, -0.1) is 0 Å². The van der Waals surface area contributed by atoms with Crippen molar-refractivity contribution in [3.8, 4) is 0 Å². The zero-order valence-electron chi connectivity index (χ0n) is 10.1. The molecule has 0 spiro atoms. The SMILES string of the molecule is Cc1cnc(N)c(C(=O)C2CN(C)CCO2)c1. The summed E-state index contributed by atoms with van der Waals surface area (Å²) in [5.41, 5.74) is 7.12. The highest BCUT2D eigenvalue weighted by Crippen LogP contribution is 2.16. The van der Waals surface area contributed by atoms with E-state index in [1.54, 1.807) is 12.3 Å². The Morgan fingerprint density at radius 3 is 3.12 bits per heavy atom. The van der Waals surface area contributed by atoms with Gasteiger partial charge >= 0.3 is 0 Å². The van der Waals surface area contributed by atoms with E-state index >= 15 is 0 Å². The van der Waals surface area contributed by atoms with E-state index in [0.717, 1.165) is 12.1 Å². The van der Waals surface area contributed by atoms with E-state index in [2.05, 4.69) is 9.88 Å². The van der Waals surface area contributed by atoms with E-state index in [0.29, 0.717) is 18.7 Å². The standard InChI is InChI=1S/C12H17N3O2/c1-8-5-9(12(13)14-6-8)11(16)10-7-15(2)3-4-17-10/h5-6,10H,3-4,7H2,1-2H3,(H2,13,14). The van der Waals surface area contributed by atoms with Crippen LogP contribution >= 0.6 is 0 Å². The molecule has 1 saturated heterocycles. The number of hydrogen-bond acceptors (Lipinski definition) is 5. The van der Waals surface area contributed by atoms with Gasteiger partial charge in [0.15, 0.2) is 5.78 Å². The van der Waals surface area contributed by atoms with Crippen molar-refractivity contribution in [2.45, 2.75) is 13.0 Å². The summed E-state index contributed by atoms with van der Waals surface area (Å²) >= 11 is 0. The summed E-state index contributed by atoms with van der Waals surface area (Å²) in [5, 5.41) is 0. The Hall–Kier alpha value is -1.46. The number of anilines is 1. The van der Waals surface area contributed by atoms with Crippen molar-refractivity contribution in [2.75, 3.05) is 32.5 Å². The van der Waals surface area contributed by atoms with Crippen molar-refractivity contribution in [1.29, 1.82) is 0 Å². The smallest absolute Gasteiger partial charge is 0.196 e. The minimum absolute atomic E-state index is 0.0785. The second-order valence-electron chi connectivity index (χ2n) is 4.43. The van der Waals surface area contributed by atoms with Crippen LogP contribution in [0.4, 0.5) is 5.82 Å². The maximum atomic E-state index is 12.2. The molecule has 17 heavy (non-hydrogen) atoms. The lowest BCUT2D eigenvalue weighted by Crippen LogP contribution is -2.44. The highest BCUT2D eigenvalue weighted by Gasteiger charge is 2.27. The number of hydrogen-bond donors (Lipinski definition) is 1. The Bertz CT molecular complexity index is 434. The normalized spacial score (nSPS) is 21.4. The fourth-order valence-electron chi connectivity index (χ4n) is 1.89. The summed E-state index contributed by atoms with van der Waals surface area (Å²) in [6, 6.07) is 1.77. The van der Waals surface area contributed by atoms with E-state index in [-0.39, 0.29) is 11.6 Å². The monoisotopic (exact) mass is 235 g/mol. The van der Waals surface area contributed by atoms with Crippen LogP contribution in [-0.2, 0) is 4.74 Å². The predicted octanol–water partition coefficient (Wildman–Crippen LogP) is 0.486. The van der Waals surface area contributed by atoms with Crippen LogP contribution in [-0.4, -0.2) is 48.5 Å². The van der Waals surface area contributed by atoms with Gasteiger partial charge in [-0.3, -0.25) is 4.79 Å². The largest absolute Gasteiger partial charge is 0.383 e. The van der Waals surface area contributed by atoms with Crippen molar-refractivity contribution in [2.24, 2.45) is 0 Å². The molecule has 2 rings (SSSR count). The molecule has 0 saturated carbocycles. The van der Waals surface area contributed by atoms with Gasteiger partial charge in [0, 0.05) is 19.3 Å². The highest BCUT2D eigenvalue weighted by molar-refractivity contribution is 6.03. The lowest BCUT2D eigenvalue weighted by atomic mass is 10.0. The first kappa shape index (κ1) is 12.0. The first-order valence-corrected chi connectivity index (χ1v) is 5.64. The number of nitrogens with zero attached hydrogens (tertiary/aromatic N) is 2. The molecule has 1 aromatic heterocycles. The Morgan fingerprint density at radius 1 is 1.65 bits per heavy atom. The molecule has 0 radical (unpaired) electrons. The number of aromatic nitrogens is 1. The molecule has 1 aliphatic rings. The van der Waals surface area contributed by atoms with Crippen LogP contribution in [0.5, 0.6) is 0 Å². The molecule has 0 aliphatic carbocycles. The molecule has 2 N–H and O–H groups in total. The van der Waals surface area contributed by atoms with Crippen molar-refractivity contribution in [3.63, 3.8) is 0 Å². The molecular formula is C12H17N3O2. The van der Waals surface area contributed by atoms with E-state index in [9.17, 15) is 4.79 Å². The van der Waals surface area contributed by atoms with E-state index in [1.807, 2.05) is 14.0 Å². The number of ether oxygens (including phenoxy) is 1. The number of aryl methyl sites for hydroxylation is 1. The highest BCUT2D eigenvalue weighted by atomic mass is 16.5. The molecule has 1 aromatic rings. The Morgan fingerprint density at radius 2 is 2.41 bits per heavy atom. The van der Waals surface area contributed by atoms with Crippen molar-refractivity contribution in [1.82, 2.24) is 9.88 Å². The van der Waals surface area contributed by atoms with Crippen molar-refractivity contribution < 1.29 is 9.53 Å². The van der Waals surface area contributed by atoms with Crippen molar-refractivity contribution in [3.05, 3.63) is 23.4 Å². The quantitative estimate of drug-likeness (QED) is 0.755. The second kappa shape index (κ2) is 4.81. The van der Waals surface area contributed by atoms with Gasteiger partial charge in [-0.2, -0.15) is 0 Å². The Labute approximate surface area is 101 Å². The number of ketones is 1. The zero-order valence-corrected chi connectivity index (χ0v) is 10.1. The molecule has 1 fully saturated rings. The van der Waals surface area contributed by atoms with Crippen LogP contribution in [0.15, 0.2) is 12.3 Å². The van der Waals surface area contributed by atoms with Gasteiger partial charge in [0.2, 0.25) is 0 Å². The number of rotatable bonds is 2. The third kappa shape index (κ3) is 2.62. The maximum absolute atomic E-state index is 12.2. The van der Waals surface area contributed by atoms with Gasteiger partial charge < -0.3 is 15.4 Å². The van der Waals surface area contributed by atoms with E-state index < -0.39 is 6.10 Å². The van der Waals surface area contributed by atoms with Crippen LogP contribution in [0, 0.1) is 6.92 Å². The third-order valence-corrected chi connectivity index (χ3v) is 2.88. The number of carbonyl (C=O) groups is 1. The van der Waals surface area contributed by atoms with E-state index in [4.69, 9.17) is 10.5 Å². The Kier molecular flexibility index (Phi) is 3.40. The molecule has 1 unspecified atom stereocenters. The number of carbonyl (C=O) groups excluding carboxylic acids is 1. The fourth-order valence-corrected chi connectivity index (χ4v) is 1.89. The van der Waals surface area contributed by atoms with Gasteiger partial charge in [-0.25, -0.2) is 4.98 Å². The summed E-state index contributed by atoms with van der Waals surface area (Å²) in [7, 11) is 1.97. The van der Waals surface area contributed by atoms with Crippen LogP contribution in [0.3, 0.4) is 0 Å². The molecule has 2 heterocycles. The molecule has 5 nitrogen and oxygen atoms in total. The van der Waals surface area contributed by atoms with Crippen molar-refractivity contribution >= 4 is 11.6 Å². The number of nitrogens with two attached hydrogens (primary N) is 1. The van der Waals surface area contributed by atoms with Gasteiger partial charge in [-0.1, -0.05) is 0 Å². The lowest BCUT2D eigenvalue weighted by molar-refractivity contribution is -0.00859. The molecule has 0 bridgehead atoms. The third-order valence-electron chi connectivity index (χ3n) is 2.88. The predicted molar refractivity (Wildman–Crippen MR) is 65.0 cm³/mol. The minimum Gasteiger partial charge on any atom is -0.383 e. The summed E-state index contributed by atoms with van der Waals surface area (Å²) in [5.74, 6) is 0.197. The van der Waals surface area contributed by atoms with Crippen LogP contribution in [0.25, 0.3) is 0 Å². The van der Waals surface area contributed by atoms with Crippen LogP contribution < -0.4 is 5.73 Å². The zero-order chi connectivity index (χ0) is 12.4. The number of likely N-dealkylation sites (N-methyl/N-ethyl adjacent to an activating group) is 1. The summed E-state index contributed by atoms with van der Waals surface area (Å²) in [6.45, 7) is 3.92. The second-order valence-corrected chi connectivity index (χ2v) is 4.43. The van der Waals surface area contributed by atoms with Gasteiger partial charge in [0.05, 0.1) is 12.2 Å². The molecule has 1 atom stereocenters. The van der Waals surface area contributed by atoms with Gasteiger partial charge in [-0.05, 0) is 25.6 Å². The average molecular weight is 235 g/mol. The van der Waals surface area contributed by atoms with Crippen LogP contribution in [0.1, 0.15) is 15.9 Å². The summed E-state index contributed by atoms with van der Waals surface area (Å²) in [4.78, 5) is 18.3. The minimum atomic E-state index is -0.431. The summed E-state index contributed by atoms with van der Waals surface area (Å²) in [6.07, 6.45) is 1.22. The molecule has 0 aromatic carbocycles. The lowest BCUT2D eigenvalue weighted by Gasteiger charge is -2.29. The Balaban J connectivity index is 2.21. The number of morpholine rings is 1. The fraction of sp³-hybridized carbons (Fsp3) is 0.500. The first-order valence-electron chi connectivity index (χ1n) is 5.64. The molecule has 0 amide bonds. The van der Waals surface area contributed by atoms with Gasteiger partial charge in [0.25, 0.3) is 0 Å². The van der Waals surface area contributed by atoms with Crippen LogP contribution in [0.2, 0.25) is 0 Å². The van der Waals surface area contributed by atoms with Gasteiger partial charge in [0.1, 0.15) is 11.9 Å². The maximum Gasteiger partial charge on any atom is 0.196 e.